The monoisotopic (exact) mass is 426 g/mol. The first-order chi connectivity index (χ1) is 13.4. The number of thioether (sulfide) groups is 1. The zero-order valence-corrected chi connectivity index (χ0v) is 17.4. The smallest absolute Gasteiger partial charge is 0.244 e. The molecule has 2 saturated heterocycles. The van der Waals surface area contributed by atoms with Gasteiger partial charge >= 0.3 is 0 Å². The van der Waals surface area contributed by atoms with Gasteiger partial charge in [0.05, 0.1) is 16.7 Å². The van der Waals surface area contributed by atoms with Gasteiger partial charge in [-0.1, -0.05) is 18.2 Å². The molecule has 0 bridgehead atoms. The molecule has 1 atom stereocenters. The molecule has 3 heterocycles. The molecule has 154 valence electrons. The van der Waals surface area contributed by atoms with E-state index in [0.717, 1.165) is 32.1 Å². The van der Waals surface area contributed by atoms with Crippen molar-refractivity contribution >= 4 is 33.6 Å². The number of carbonyl (C=O) groups is 2. The Labute approximate surface area is 169 Å². The fourth-order valence-electron chi connectivity index (χ4n) is 3.52. The highest BCUT2D eigenvalue weighted by Gasteiger charge is 2.28. The summed E-state index contributed by atoms with van der Waals surface area (Å²) in [6.45, 7) is 2.10. The van der Waals surface area contributed by atoms with E-state index in [4.69, 9.17) is 5.73 Å². The van der Waals surface area contributed by atoms with Crippen molar-refractivity contribution in [1.29, 1.82) is 0 Å². The largest absolute Gasteiger partial charge is 0.369 e. The SMILES string of the molecule is NC(=O)C1CCCN(C(=O)CSc2ccc(S(=O)(=O)N3CCCCC3)cn2)C1. The highest BCUT2D eigenvalue weighted by molar-refractivity contribution is 7.99. The van der Waals surface area contributed by atoms with E-state index in [9.17, 15) is 18.0 Å². The van der Waals surface area contributed by atoms with Gasteiger partial charge in [-0.25, -0.2) is 13.4 Å². The summed E-state index contributed by atoms with van der Waals surface area (Å²) in [5.41, 5.74) is 5.35. The van der Waals surface area contributed by atoms with Crippen LogP contribution in [0.2, 0.25) is 0 Å². The van der Waals surface area contributed by atoms with Crippen LogP contribution in [0, 0.1) is 5.92 Å². The lowest BCUT2D eigenvalue weighted by Crippen LogP contribution is -2.44. The Bertz CT molecular complexity index is 807. The van der Waals surface area contributed by atoms with Crippen LogP contribution in [0.25, 0.3) is 0 Å². The van der Waals surface area contributed by atoms with Crippen molar-refractivity contribution < 1.29 is 18.0 Å². The lowest BCUT2D eigenvalue weighted by molar-refractivity contribution is -0.132. The van der Waals surface area contributed by atoms with Crippen LogP contribution in [0.4, 0.5) is 0 Å². The summed E-state index contributed by atoms with van der Waals surface area (Å²) in [6.07, 6.45) is 5.68. The van der Waals surface area contributed by atoms with Crippen molar-refractivity contribution in [2.24, 2.45) is 11.7 Å². The number of amides is 2. The van der Waals surface area contributed by atoms with Crippen molar-refractivity contribution in [3.8, 4) is 0 Å². The molecule has 1 aromatic heterocycles. The number of rotatable bonds is 6. The molecule has 10 heteroatoms. The molecule has 0 saturated carbocycles. The Hall–Kier alpha value is -1.65. The number of piperidine rings is 2. The second kappa shape index (κ2) is 9.23. The molecule has 2 fully saturated rings. The third-order valence-electron chi connectivity index (χ3n) is 5.18. The first kappa shape index (κ1) is 21.1. The Morgan fingerprint density at radius 1 is 1.14 bits per heavy atom. The molecule has 0 aliphatic carbocycles. The number of hydrogen-bond acceptors (Lipinski definition) is 6. The fourth-order valence-corrected chi connectivity index (χ4v) is 5.73. The molecule has 1 aromatic rings. The van der Waals surface area contributed by atoms with Gasteiger partial charge in [-0.3, -0.25) is 9.59 Å². The molecule has 2 N–H and O–H groups in total. The molecule has 2 amide bonds. The van der Waals surface area contributed by atoms with Crippen molar-refractivity contribution in [2.45, 2.75) is 42.0 Å². The third-order valence-corrected chi connectivity index (χ3v) is 7.99. The van der Waals surface area contributed by atoms with E-state index >= 15 is 0 Å². The van der Waals surface area contributed by atoms with Gasteiger partial charge in [-0.2, -0.15) is 4.31 Å². The van der Waals surface area contributed by atoms with Crippen molar-refractivity contribution in [1.82, 2.24) is 14.2 Å². The highest BCUT2D eigenvalue weighted by atomic mass is 32.2. The topological polar surface area (TPSA) is 114 Å². The number of aromatic nitrogens is 1. The highest BCUT2D eigenvalue weighted by Crippen LogP contribution is 2.23. The maximum atomic E-state index is 12.6. The number of nitrogens with two attached hydrogens (primary N) is 1. The molecule has 2 aliphatic heterocycles. The second-order valence-electron chi connectivity index (χ2n) is 7.17. The molecule has 2 aliphatic rings. The molecular weight excluding hydrogens is 400 g/mol. The lowest BCUT2D eigenvalue weighted by Gasteiger charge is -2.31. The van der Waals surface area contributed by atoms with Crippen LogP contribution in [0.3, 0.4) is 0 Å². The average molecular weight is 427 g/mol. The molecule has 0 radical (unpaired) electrons. The van der Waals surface area contributed by atoms with Gasteiger partial charge in [0.15, 0.2) is 0 Å². The van der Waals surface area contributed by atoms with Crippen LogP contribution >= 0.6 is 11.8 Å². The summed E-state index contributed by atoms with van der Waals surface area (Å²) >= 11 is 1.26. The van der Waals surface area contributed by atoms with Crippen LogP contribution in [-0.2, 0) is 19.6 Å². The van der Waals surface area contributed by atoms with Crippen molar-refractivity contribution in [2.75, 3.05) is 31.9 Å². The molecule has 1 unspecified atom stereocenters. The van der Waals surface area contributed by atoms with Gasteiger partial charge in [0, 0.05) is 32.4 Å². The van der Waals surface area contributed by atoms with E-state index in [1.54, 1.807) is 17.0 Å². The van der Waals surface area contributed by atoms with E-state index in [2.05, 4.69) is 4.98 Å². The van der Waals surface area contributed by atoms with Crippen LogP contribution in [0.15, 0.2) is 28.3 Å². The van der Waals surface area contributed by atoms with E-state index < -0.39 is 10.0 Å². The van der Waals surface area contributed by atoms with E-state index in [1.165, 1.54) is 22.3 Å². The Balaban J connectivity index is 1.55. The Morgan fingerprint density at radius 2 is 1.89 bits per heavy atom. The zero-order valence-electron chi connectivity index (χ0n) is 15.7. The minimum absolute atomic E-state index is 0.0669. The van der Waals surface area contributed by atoms with Gasteiger partial charge in [0.1, 0.15) is 4.90 Å². The van der Waals surface area contributed by atoms with Gasteiger partial charge in [-0.15, -0.1) is 0 Å². The number of hydrogen-bond donors (Lipinski definition) is 1. The minimum Gasteiger partial charge on any atom is -0.369 e. The summed E-state index contributed by atoms with van der Waals surface area (Å²) in [5, 5.41) is 0.592. The average Bonchev–Trinajstić information content (AvgIpc) is 2.73. The molecule has 28 heavy (non-hydrogen) atoms. The predicted molar refractivity (Wildman–Crippen MR) is 106 cm³/mol. The number of likely N-dealkylation sites (tertiary alicyclic amines) is 1. The van der Waals surface area contributed by atoms with Crippen LogP contribution in [-0.4, -0.2) is 66.4 Å². The number of pyridine rings is 1. The summed E-state index contributed by atoms with van der Waals surface area (Å²) < 4.78 is 26.8. The van der Waals surface area contributed by atoms with E-state index in [0.29, 0.717) is 31.2 Å². The van der Waals surface area contributed by atoms with Gasteiger partial charge < -0.3 is 10.6 Å². The molecular formula is C18H26N4O4S2. The zero-order chi connectivity index (χ0) is 20.1. The third kappa shape index (κ3) is 5.03. The molecule has 0 aromatic carbocycles. The first-order valence-corrected chi connectivity index (χ1v) is 12.0. The molecule has 3 rings (SSSR count). The number of nitrogens with zero attached hydrogens (tertiary/aromatic N) is 3. The van der Waals surface area contributed by atoms with Crippen LogP contribution in [0.1, 0.15) is 32.1 Å². The van der Waals surface area contributed by atoms with Crippen LogP contribution in [0.5, 0.6) is 0 Å². The number of carbonyl (C=O) groups excluding carboxylic acids is 2. The van der Waals surface area contributed by atoms with E-state index in [1.807, 2.05) is 0 Å². The molecule has 8 nitrogen and oxygen atoms in total. The summed E-state index contributed by atoms with van der Waals surface area (Å²) in [7, 11) is -3.50. The first-order valence-electron chi connectivity index (χ1n) is 9.54. The fraction of sp³-hybridized carbons (Fsp3) is 0.611. The van der Waals surface area contributed by atoms with Crippen LogP contribution < -0.4 is 5.73 Å². The maximum Gasteiger partial charge on any atom is 0.244 e. The summed E-state index contributed by atoms with van der Waals surface area (Å²) in [4.78, 5) is 29.8. The summed E-state index contributed by atoms with van der Waals surface area (Å²) in [6, 6.07) is 3.19. The normalized spacial score (nSPS) is 21.4. The Morgan fingerprint density at radius 3 is 2.54 bits per heavy atom. The summed E-state index contributed by atoms with van der Waals surface area (Å²) in [5.74, 6) is -0.517. The second-order valence-corrected chi connectivity index (χ2v) is 10.1. The standard InChI is InChI=1S/C18H26N4O4S2/c19-18(24)14-5-4-8-21(12-14)17(23)13-27-16-7-6-15(11-20-16)28(25,26)22-9-2-1-3-10-22/h6-7,11,14H,1-5,8-10,12-13H2,(H2,19,24). The number of sulfonamides is 1. The minimum atomic E-state index is -3.50. The quantitative estimate of drug-likeness (QED) is 0.681. The number of primary amides is 1. The predicted octanol–water partition coefficient (Wildman–Crippen LogP) is 1.07. The van der Waals surface area contributed by atoms with Gasteiger partial charge in [0.25, 0.3) is 0 Å². The maximum absolute atomic E-state index is 12.6. The van der Waals surface area contributed by atoms with Crippen molar-refractivity contribution in [3.05, 3.63) is 18.3 Å². The molecule has 0 spiro atoms. The lowest BCUT2D eigenvalue weighted by atomic mass is 9.97. The van der Waals surface area contributed by atoms with Crippen molar-refractivity contribution in [3.63, 3.8) is 0 Å². The van der Waals surface area contributed by atoms with Gasteiger partial charge in [0.2, 0.25) is 21.8 Å². The van der Waals surface area contributed by atoms with E-state index in [-0.39, 0.29) is 28.4 Å². The Kier molecular flexibility index (Phi) is 6.95. The van der Waals surface area contributed by atoms with Gasteiger partial charge in [-0.05, 0) is 37.8 Å².